The summed E-state index contributed by atoms with van der Waals surface area (Å²) < 4.78 is 11.0. The fraction of sp³-hybridized carbons (Fsp3) is 0.846. The maximum Gasteiger partial charge on any atom is 0.248 e. The highest BCUT2D eigenvalue weighted by Crippen LogP contribution is 2.22. The molecule has 1 saturated carbocycles. The summed E-state index contributed by atoms with van der Waals surface area (Å²) in [5.41, 5.74) is 5.41. The van der Waals surface area contributed by atoms with Crippen molar-refractivity contribution in [1.82, 2.24) is 4.90 Å². The lowest BCUT2D eigenvalue weighted by Crippen LogP contribution is -2.35. The van der Waals surface area contributed by atoms with Gasteiger partial charge in [0.15, 0.2) is 0 Å². The van der Waals surface area contributed by atoms with Crippen LogP contribution in [0, 0.1) is 0 Å². The molecular formula is C13H24N2O3S. The zero-order chi connectivity index (χ0) is 14.3. The van der Waals surface area contributed by atoms with Crippen LogP contribution in [0.1, 0.15) is 32.1 Å². The minimum atomic E-state index is -0.0317. The molecular weight excluding hydrogens is 264 g/mol. The first-order chi connectivity index (χ1) is 9.02. The van der Waals surface area contributed by atoms with Gasteiger partial charge in [-0.05, 0) is 25.7 Å². The van der Waals surface area contributed by atoms with E-state index in [-0.39, 0.29) is 24.7 Å². The molecule has 1 aliphatic carbocycles. The molecule has 0 saturated heterocycles. The molecule has 2 N–H and O–H groups in total. The van der Waals surface area contributed by atoms with Gasteiger partial charge in [-0.1, -0.05) is 12.2 Å². The number of thiocarbonyl (C=S) groups is 1. The molecule has 0 heterocycles. The van der Waals surface area contributed by atoms with E-state index < -0.39 is 0 Å². The van der Waals surface area contributed by atoms with Gasteiger partial charge in [-0.25, -0.2) is 0 Å². The van der Waals surface area contributed by atoms with Crippen LogP contribution in [0.25, 0.3) is 0 Å². The first-order valence-corrected chi connectivity index (χ1v) is 7.10. The summed E-state index contributed by atoms with van der Waals surface area (Å²) in [6.45, 7) is 0.665. The van der Waals surface area contributed by atoms with Gasteiger partial charge in [0.25, 0.3) is 0 Å². The van der Waals surface area contributed by atoms with Crippen LogP contribution in [0.5, 0.6) is 0 Å². The zero-order valence-corrected chi connectivity index (χ0v) is 12.6. The first-order valence-electron chi connectivity index (χ1n) is 6.69. The summed E-state index contributed by atoms with van der Waals surface area (Å²) in [6.07, 6.45) is 5.00. The van der Waals surface area contributed by atoms with Gasteiger partial charge in [0.2, 0.25) is 5.91 Å². The van der Waals surface area contributed by atoms with Crippen LogP contribution in [-0.2, 0) is 14.3 Å². The lowest BCUT2D eigenvalue weighted by atomic mass is 9.95. The molecule has 1 rings (SSSR count). The Morgan fingerprint density at radius 1 is 1.42 bits per heavy atom. The molecule has 0 aliphatic heterocycles. The molecule has 2 atom stereocenters. The van der Waals surface area contributed by atoms with E-state index in [4.69, 9.17) is 27.4 Å². The molecule has 2 unspecified atom stereocenters. The SMILES string of the molecule is COC1CCCC(OCC(=O)N(C)CCC(N)=S)C1. The Morgan fingerprint density at radius 2 is 2.11 bits per heavy atom. The zero-order valence-electron chi connectivity index (χ0n) is 11.8. The van der Waals surface area contributed by atoms with Gasteiger partial charge < -0.3 is 20.1 Å². The molecule has 19 heavy (non-hydrogen) atoms. The van der Waals surface area contributed by atoms with Crippen molar-refractivity contribution in [3.05, 3.63) is 0 Å². The fourth-order valence-electron chi connectivity index (χ4n) is 2.17. The second-order valence-electron chi connectivity index (χ2n) is 4.99. The minimum absolute atomic E-state index is 0.0317. The summed E-state index contributed by atoms with van der Waals surface area (Å²) in [4.78, 5) is 13.9. The lowest BCUT2D eigenvalue weighted by molar-refractivity contribution is -0.138. The monoisotopic (exact) mass is 288 g/mol. The van der Waals surface area contributed by atoms with Gasteiger partial charge in [-0.3, -0.25) is 4.79 Å². The number of likely N-dealkylation sites (N-methyl/N-ethyl adjacent to an activating group) is 1. The van der Waals surface area contributed by atoms with Gasteiger partial charge >= 0.3 is 0 Å². The third-order valence-corrected chi connectivity index (χ3v) is 3.68. The van der Waals surface area contributed by atoms with Gasteiger partial charge in [-0.15, -0.1) is 0 Å². The number of methoxy groups -OCH3 is 1. The molecule has 5 nitrogen and oxygen atoms in total. The Kier molecular flexibility index (Phi) is 7.27. The third kappa shape index (κ3) is 6.31. The predicted octanol–water partition coefficient (Wildman–Crippen LogP) is 1.10. The largest absolute Gasteiger partial charge is 0.393 e. The van der Waals surface area contributed by atoms with Crippen molar-refractivity contribution < 1.29 is 14.3 Å². The first kappa shape index (κ1) is 16.3. The Hall–Kier alpha value is -0.720. The molecule has 0 spiro atoms. The summed E-state index contributed by atoms with van der Waals surface area (Å²) >= 11 is 4.79. The summed E-state index contributed by atoms with van der Waals surface area (Å²) in [6, 6.07) is 0. The van der Waals surface area contributed by atoms with Crippen LogP contribution < -0.4 is 5.73 Å². The second kappa shape index (κ2) is 8.45. The minimum Gasteiger partial charge on any atom is -0.393 e. The Morgan fingerprint density at radius 3 is 2.74 bits per heavy atom. The van der Waals surface area contributed by atoms with Gasteiger partial charge in [-0.2, -0.15) is 0 Å². The Labute approximate surface area is 120 Å². The van der Waals surface area contributed by atoms with Crippen molar-refractivity contribution in [2.24, 2.45) is 5.73 Å². The van der Waals surface area contributed by atoms with Crippen molar-refractivity contribution in [2.45, 2.75) is 44.3 Å². The van der Waals surface area contributed by atoms with E-state index >= 15 is 0 Å². The summed E-state index contributed by atoms with van der Waals surface area (Å²) in [5.74, 6) is -0.0317. The normalized spacial score (nSPS) is 23.1. The number of carbonyl (C=O) groups excluding carboxylic acids is 1. The molecule has 0 aromatic rings. The highest BCUT2D eigenvalue weighted by Gasteiger charge is 2.23. The number of rotatable bonds is 7. The Balaban J connectivity index is 2.23. The molecule has 6 heteroatoms. The molecule has 0 radical (unpaired) electrons. The number of carbonyl (C=O) groups is 1. The second-order valence-corrected chi connectivity index (χ2v) is 5.51. The van der Waals surface area contributed by atoms with Gasteiger partial charge in [0.1, 0.15) is 6.61 Å². The van der Waals surface area contributed by atoms with E-state index in [1.165, 1.54) is 0 Å². The summed E-state index contributed by atoms with van der Waals surface area (Å²) in [7, 11) is 3.46. The predicted molar refractivity (Wildman–Crippen MR) is 78.0 cm³/mol. The molecule has 1 aliphatic rings. The van der Waals surface area contributed by atoms with Crippen molar-refractivity contribution >= 4 is 23.1 Å². The molecule has 0 aromatic heterocycles. The highest BCUT2D eigenvalue weighted by molar-refractivity contribution is 7.80. The number of nitrogens with two attached hydrogens (primary N) is 1. The number of hydrogen-bond donors (Lipinski definition) is 1. The van der Waals surface area contributed by atoms with Gasteiger partial charge in [0, 0.05) is 27.1 Å². The number of ether oxygens (including phenoxy) is 2. The van der Waals surface area contributed by atoms with Crippen LogP contribution in [0.2, 0.25) is 0 Å². The maximum atomic E-state index is 11.8. The molecule has 1 amide bonds. The molecule has 110 valence electrons. The van der Waals surface area contributed by atoms with E-state index in [2.05, 4.69) is 0 Å². The van der Waals surface area contributed by atoms with E-state index in [0.29, 0.717) is 18.0 Å². The van der Waals surface area contributed by atoms with Crippen molar-refractivity contribution in [3.8, 4) is 0 Å². The van der Waals surface area contributed by atoms with Crippen molar-refractivity contribution in [2.75, 3.05) is 27.3 Å². The van der Waals surface area contributed by atoms with E-state index in [9.17, 15) is 4.79 Å². The third-order valence-electron chi connectivity index (χ3n) is 3.47. The van der Waals surface area contributed by atoms with Crippen LogP contribution in [0.15, 0.2) is 0 Å². The Bertz CT molecular complexity index is 312. The van der Waals surface area contributed by atoms with Crippen molar-refractivity contribution in [3.63, 3.8) is 0 Å². The summed E-state index contributed by atoms with van der Waals surface area (Å²) in [5, 5.41) is 0. The van der Waals surface area contributed by atoms with Crippen LogP contribution in [-0.4, -0.2) is 55.3 Å². The number of nitrogens with zero attached hydrogens (tertiary/aromatic N) is 1. The van der Waals surface area contributed by atoms with Crippen LogP contribution in [0.4, 0.5) is 0 Å². The van der Waals surface area contributed by atoms with E-state index in [1.807, 2.05) is 0 Å². The lowest BCUT2D eigenvalue weighted by Gasteiger charge is -2.28. The smallest absolute Gasteiger partial charge is 0.248 e. The number of hydrogen-bond acceptors (Lipinski definition) is 4. The van der Waals surface area contributed by atoms with Crippen molar-refractivity contribution in [1.29, 1.82) is 0 Å². The van der Waals surface area contributed by atoms with E-state index in [1.54, 1.807) is 19.1 Å². The highest BCUT2D eigenvalue weighted by atomic mass is 32.1. The van der Waals surface area contributed by atoms with Crippen LogP contribution >= 0.6 is 12.2 Å². The van der Waals surface area contributed by atoms with Gasteiger partial charge in [0.05, 0.1) is 17.2 Å². The quantitative estimate of drug-likeness (QED) is 0.711. The standard InChI is InChI=1S/C13H24N2O3S/c1-15(7-6-12(14)19)13(16)9-18-11-5-3-4-10(8-11)17-2/h10-11H,3-9H2,1-2H3,(H2,14,19). The maximum absolute atomic E-state index is 11.8. The van der Waals surface area contributed by atoms with E-state index in [0.717, 1.165) is 25.7 Å². The average Bonchev–Trinajstić information content (AvgIpc) is 2.42. The van der Waals surface area contributed by atoms with Crippen LogP contribution in [0.3, 0.4) is 0 Å². The molecule has 1 fully saturated rings. The fourth-order valence-corrected chi connectivity index (χ4v) is 2.26. The molecule has 0 aromatic carbocycles. The average molecular weight is 288 g/mol. The number of amides is 1. The topological polar surface area (TPSA) is 64.8 Å². The molecule has 0 bridgehead atoms.